The van der Waals surface area contributed by atoms with Crippen LogP contribution in [0.15, 0.2) is 0 Å². The fraction of sp³-hybridized carbons (Fsp3) is 0.800. The first kappa shape index (κ1) is 11.7. The van der Waals surface area contributed by atoms with Crippen molar-refractivity contribution in [3.05, 3.63) is 0 Å². The molecule has 2 amide bonds. The van der Waals surface area contributed by atoms with Crippen molar-refractivity contribution in [1.82, 2.24) is 9.80 Å². The third-order valence-electron chi connectivity index (χ3n) is 3.05. The van der Waals surface area contributed by atoms with Gasteiger partial charge in [0.25, 0.3) is 0 Å². The van der Waals surface area contributed by atoms with Gasteiger partial charge in [-0.15, -0.1) is 11.8 Å². The molecule has 2 aliphatic rings. The Bertz CT molecular complexity index is 298. The van der Waals surface area contributed by atoms with Crippen molar-refractivity contribution < 1.29 is 14.7 Å². The molecular weight excluding hydrogens is 228 g/mol. The fourth-order valence-electron chi connectivity index (χ4n) is 2.01. The topological polar surface area (TPSA) is 60.9 Å². The summed E-state index contributed by atoms with van der Waals surface area (Å²) in [4.78, 5) is 26.5. The van der Waals surface area contributed by atoms with Crippen LogP contribution in [0.3, 0.4) is 0 Å². The molecule has 0 saturated carbocycles. The van der Waals surface area contributed by atoms with Crippen molar-refractivity contribution in [3.63, 3.8) is 0 Å². The number of hydrogen-bond acceptors (Lipinski definition) is 4. The molecule has 2 fully saturated rings. The summed E-state index contributed by atoms with van der Waals surface area (Å²) in [6, 6.07) is 0. The standard InChI is InChI=1S/C10H16N2O3S/c13-5-8-1-2-11(3-8)9(14)4-12-7-16-6-10(12)15/h8,13H,1-7H2. The maximum atomic E-state index is 11.8. The van der Waals surface area contributed by atoms with E-state index in [1.165, 1.54) is 0 Å². The highest BCUT2D eigenvalue weighted by Crippen LogP contribution is 2.18. The van der Waals surface area contributed by atoms with Crippen LogP contribution in [-0.4, -0.2) is 64.6 Å². The molecule has 1 atom stereocenters. The third-order valence-corrected chi connectivity index (χ3v) is 3.99. The summed E-state index contributed by atoms with van der Waals surface area (Å²) in [6.07, 6.45) is 0.866. The van der Waals surface area contributed by atoms with Crippen LogP contribution in [0.4, 0.5) is 0 Å². The van der Waals surface area contributed by atoms with Gasteiger partial charge in [0.1, 0.15) is 6.54 Å². The molecule has 0 aromatic heterocycles. The summed E-state index contributed by atoms with van der Waals surface area (Å²) >= 11 is 1.55. The molecule has 0 bridgehead atoms. The van der Waals surface area contributed by atoms with Gasteiger partial charge in [0.2, 0.25) is 11.8 Å². The SMILES string of the molecule is O=C1CSCN1CC(=O)N1CCC(CO)C1. The van der Waals surface area contributed by atoms with Crippen LogP contribution in [0.5, 0.6) is 0 Å². The summed E-state index contributed by atoms with van der Waals surface area (Å²) in [5.74, 6) is 1.39. The van der Waals surface area contributed by atoms with Crippen LogP contribution in [0.25, 0.3) is 0 Å². The molecule has 1 unspecified atom stereocenters. The molecule has 0 spiro atoms. The van der Waals surface area contributed by atoms with Crippen molar-refractivity contribution in [2.45, 2.75) is 6.42 Å². The first-order chi connectivity index (χ1) is 7.70. The van der Waals surface area contributed by atoms with E-state index in [9.17, 15) is 9.59 Å². The summed E-state index contributed by atoms with van der Waals surface area (Å²) < 4.78 is 0. The van der Waals surface area contributed by atoms with Gasteiger partial charge in [-0.05, 0) is 6.42 Å². The first-order valence-electron chi connectivity index (χ1n) is 5.45. The van der Waals surface area contributed by atoms with Crippen molar-refractivity contribution in [1.29, 1.82) is 0 Å². The number of nitrogens with zero attached hydrogens (tertiary/aromatic N) is 2. The predicted molar refractivity (Wildman–Crippen MR) is 60.8 cm³/mol. The summed E-state index contributed by atoms with van der Waals surface area (Å²) in [6.45, 7) is 1.68. The van der Waals surface area contributed by atoms with Crippen LogP contribution in [-0.2, 0) is 9.59 Å². The van der Waals surface area contributed by atoms with Gasteiger partial charge in [0.05, 0.1) is 11.6 Å². The largest absolute Gasteiger partial charge is 0.396 e. The second-order valence-corrected chi connectivity index (χ2v) is 5.20. The van der Waals surface area contributed by atoms with Gasteiger partial charge in [-0.1, -0.05) is 0 Å². The number of hydrogen-bond donors (Lipinski definition) is 1. The minimum absolute atomic E-state index is 0.00630. The summed E-state index contributed by atoms with van der Waals surface area (Å²) in [7, 11) is 0. The van der Waals surface area contributed by atoms with E-state index in [1.54, 1.807) is 21.6 Å². The number of aliphatic hydroxyl groups excluding tert-OH is 1. The Labute approximate surface area is 98.8 Å². The second kappa shape index (κ2) is 5.05. The Morgan fingerprint density at radius 1 is 1.56 bits per heavy atom. The van der Waals surface area contributed by atoms with Crippen LogP contribution >= 0.6 is 11.8 Å². The lowest BCUT2D eigenvalue weighted by molar-refractivity contribution is -0.137. The Morgan fingerprint density at radius 2 is 2.38 bits per heavy atom. The van der Waals surface area contributed by atoms with Crippen LogP contribution < -0.4 is 0 Å². The lowest BCUT2D eigenvalue weighted by atomic mass is 10.1. The van der Waals surface area contributed by atoms with Crippen molar-refractivity contribution in [2.75, 3.05) is 37.9 Å². The van der Waals surface area contributed by atoms with Gasteiger partial charge in [0, 0.05) is 25.6 Å². The van der Waals surface area contributed by atoms with Crippen molar-refractivity contribution in [3.8, 4) is 0 Å². The van der Waals surface area contributed by atoms with Crippen LogP contribution in [0.2, 0.25) is 0 Å². The lowest BCUT2D eigenvalue weighted by Crippen LogP contribution is -2.40. The van der Waals surface area contributed by atoms with Gasteiger partial charge in [-0.2, -0.15) is 0 Å². The zero-order valence-corrected chi connectivity index (χ0v) is 9.91. The number of amides is 2. The van der Waals surface area contributed by atoms with Gasteiger partial charge >= 0.3 is 0 Å². The monoisotopic (exact) mass is 244 g/mol. The molecule has 0 aliphatic carbocycles. The van der Waals surface area contributed by atoms with Gasteiger partial charge in [-0.25, -0.2) is 0 Å². The number of aliphatic hydroxyl groups is 1. The Balaban J connectivity index is 1.82. The molecule has 5 nitrogen and oxygen atoms in total. The summed E-state index contributed by atoms with van der Waals surface area (Å²) in [5, 5.41) is 8.99. The highest BCUT2D eigenvalue weighted by Gasteiger charge is 2.29. The van der Waals surface area contributed by atoms with E-state index in [1.807, 2.05) is 0 Å². The predicted octanol–water partition coefficient (Wildman–Crippen LogP) is -0.640. The second-order valence-electron chi connectivity index (χ2n) is 4.25. The van der Waals surface area contributed by atoms with Crippen LogP contribution in [0.1, 0.15) is 6.42 Å². The Hall–Kier alpha value is -0.750. The molecule has 0 aromatic rings. The van der Waals surface area contributed by atoms with E-state index in [0.29, 0.717) is 24.7 Å². The van der Waals surface area contributed by atoms with E-state index in [0.717, 1.165) is 6.42 Å². The molecule has 2 aliphatic heterocycles. The van der Waals surface area contributed by atoms with E-state index in [2.05, 4.69) is 0 Å². The zero-order valence-electron chi connectivity index (χ0n) is 9.09. The van der Waals surface area contributed by atoms with Crippen LogP contribution in [0, 0.1) is 5.92 Å². The minimum atomic E-state index is 0.00630. The number of thioether (sulfide) groups is 1. The normalized spacial score (nSPS) is 25.6. The number of carbonyl (C=O) groups excluding carboxylic acids is 2. The number of carbonyl (C=O) groups is 2. The zero-order chi connectivity index (χ0) is 11.5. The number of likely N-dealkylation sites (tertiary alicyclic amines) is 1. The Kier molecular flexibility index (Phi) is 3.70. The van der Waals surface area contributed by atoms with E-state index >= 15 is 0 Å². The molecule has 2 heterocycles. The summed E-state index contributed by atoms with van der Waals surface area (Å²) in [5.41, 5.74) is 0. The van der Waals surface area contributed by atoms with Gasteiger partial charge in [0.15, 0.2) is 0 Å². The molecule has 6 heteroatoms. The molecule has 1 N–H and O–H groups in total. The molecule has 2 saturated heterocycles. The van der Waals surface area contributed by atoms with Crippen molar-refractivity contribution in [2.24, 2.45) is 5.92 Å². The highest BCUT2D eigenvalue weighted by atomic mass is 32.2. The molecular formula is C10H16N2O3S. The number of rotatable bonds is 3. The maximum absolute atomic E-state index is 11.8. The smallest absolute Gasteiger partial charge is 0.242 e. The van der Waals surface area contributed by atoms with E-state index in [-0.39, 0.29) is 30.9 Å². The molecule has 0 aromatic carbocycles. The quantitative estimate of drug-likeness (QED) is 0.717. The first-order valence-corrected chi connectivity index (χ1v) is 6.60. The molecule has 0 radical (unpaired) electrons. The van der Waals surface area contributed by atoms with Gasteiger partial charge < -0.3 is 14.9 Å². The molecule has 16 heavy (non-hydrogen) atoms. The Morgan fingerprint density at radius 3 is 2.94 bits per heavy atom. The molecule has 90 valence electrons. The lowest BCUT2D eigenvalue weighted by Gasteiger charge is -2.20. The maximum Gasteiger partial charge on any atom is 0.242 e. The van der Waals surface area contributed by atoms with E-state index in [4.69, 9.17) is 5.11 Å². The van der Waals surface area contributed by atoms with Gasteiger partial charge in [-0.3, -0.25) is 9.59 Å². The average Bonchev–Trinajstić information content (AvgIpc) is 2.88. The minimum Gasteiger partial charge on any atom is -0.396 e. The molecule has 2 rings (SSSR count). The van der Waals surface area contributed by atoms with Crippen molar-refractivity contribution >= 4 is 23.6 Å². The fourth-order valence-corrected chi connectivity index (χ4v) is 2.92. The third kappa shape index (κ3) is 2.49. The highest BCUT2D eigenvalue weighted by molar-refractivity contribution is 8.00. The average molecular weight is 244 g/mol. The van der Waals surface area contributed by atoms with E-state index < -0.39 is 0 Å².